The van der Waals surface area contributed by atoms with Gasteiger partial charge in [-0.15, -0.1) is 10.2 Å². The van der Waals surface area contributed by atoms with Gasteiger partial charge in [0, 0.05) is 16.5 Å². The van der Waals surface area contributed by atoms with Gasteiger partial charge in [-0.1, -0.05) is 41.6 Å². The molecule has 3 aromatic rings. The van der Waals surface area contributed by atoms with Crippen LogP contribution in [-0.2, 0) is 5.75 Å². The highest BCUT2D eigenvalue weighted by Crippen LogP contribution is 2.30. The molecule has 0 saturated carbocycles. The third kappa shape index (κ3) is 4.09. The van der Waals surface area contributed by atoms with Crippen molar-refractivity contribution in [3.63, 3.8) is 0 Å². The van der Waals surface area contributed by atoms with Gasteiger partial charge in [0.2, 0.25) is 0 Å². The average Bonchev–Trinajstić information content (AvgIpc) is 3.04. The van der Waals surface area contributed by atoms with Crippen molar-refractivity contribution in [3.8, 4) is 5.69 Å². The van der Waals surface area contributed by atoms with Crippen molar-refractivity contribution >= 4 is 23.4 Å². The summed E-state index contributed by atoms with van der Waals surface area (Å²) in [4.78, 5) is 2.06. The Bertz CT molecular complexity index is 880. The molecule has 0 amide bonds. The number of benzene rings is 2. The number of hydrogen-bond acceptors (Lipinski definition) is 4. The van der Waals surface area contributed by atoms with E-state index in [-0.39, 0.29) is 11.9 Å². The summed E-state index contributed by atoms with van der Waals surface area (Å²) in [5.74, 6) is 1.22. The lowest BCUT2D eigenvalue weighted by molar-refractivity contribution is 0.305. The van der Waals surface area contributed by atoms with Gasteiger partial charge in [0.15, 0.2) is 11.0 Å². The van der Waals surface area contributed by atoms with E-state index >= 15 is 0 Å². The fraction of sp³-hybridized carbons (Fsp3) is 0.263. The van der Waals surface area contributed by atoms with Crippen molar-refractivity contribution in [2.75, 3.05) is 14.1 Å². The second kappa shape index (κ2) is 8.20. The maximum atomic E-state index is 13.4. The largest absolute Gasteiger partial charge is 0.300 e. The van der Waals surface area contributed by atoms with Crippen molar-refractivity contribution in [2.45, 2.75) is 23.9 Å². The predicted molar refractivity (Wildman–Crippen MR) is 104 cm³/mol. The Hall–Kier alpha value is -1.89. The van der Waals surface area contributed by atoms with Crippen molar-refractivity contribution in [3.05, 3.63) is 70.8 Å². The fourth-order valence-electron chi connectivity index (χ4n) is 2.47. The van der Waals surface area contributed by atoms with E-state index < -0.39 is 0 Å². The maximum absolute atomic E-state index is 13.4. The molecule has 1 atom stereocenters. The third-order valence-corrected chi connectivity index (χ3v) is 5.55. The average molecular weight is 391 g/mol. The molecule has 0 aliphatic carbocycles. The molecule has 4 nitrogen and oxygen atoms in total. The first-order chi connectivity index (χ1) is 12.5. The van der Waals surface area contributed by atoms with Gasteiger partial charge in [-0.25, -0.2) is 4.39 Å². The Kier molecular flexibility index (Phi) is 5.96. The molecule has 0 aliphatic rings. The number of halogens is 2. The highest BCUT2D eigenvalue weighted by atomic mass is 35.5. The summed E-state index contributed by atoms with van der Waals surface area (Å²) >= 11 is 7.81. The number of rotatable bonds is 6. The van der Waals surface area contributed by atoms with Gasteiger partial charge < -0.3 is 0 Å². The summed E-state index contributed by atoms with van der Waals surface area (Å²) in [7, 11) is 3.98. The van der Waals surface area contributed by atoms with Crippen LogP contribution in [0, 0.1) is 5.82 Å². The van der Waals surface area contributed by atoms with E-state index in [1.165, 1.54) is 12.1 Å². The summed E-state index contributed by atoms with van der Waals surface area (Å²) in [6.45, 7) is 2.06. The fourth-order valence-corrected chi connectivity index (χ4v) is 3.71. The molecule has 0 N–H and O–H groups in total. The molecule has 0 fully saturated rings. The zero-order chi connectivity index (χ0) is 18.7. The highest BCUT2D eigenvalue weighted by molar-refractivity contribution is 7.98. The molecule has 0 unspecified atom stereocenters. The molecule has 7 heteroatoms. The topological polar surface area (TPSA) is 34.0 Å². The van der Waals surface area contributed by atoms with E-state index in [1.807, 2.05) is 42.9 Å². The molecule has 136 valence electrons. The van der Waals surface area contributed by atoms with Crippen molar-refractivity contribution in [1.29, 1.82) is 0 Å². The second-order valence-electron chi connectivity index (χ2n) is 6.17. The Morgan fingerprint density at radius 1 is 1.12 bits per heavy atom. The molecule has 0 bridgehead atoms. The van der Waals surface area contributed by atoms with Gasteiger partial charge in [-0.05, 0) is 56.9 Å². The highest BCUT2D eigenvalue weighted by Gasteiger charge is 2.21. The quantitative estimate of drug-likeness (QED) is 0.556. The van der Waals surface area contributed by atoms with Gasteiger partial charge in [-0.2, -0.15) is 0 Å². The Labute approximate surface area is 162 Å². The van der Waals surface area contributed by atoms with Gasteiger partial charge in [-0.3, -0.25) is 9.47 Å². The van der Waals surface area contributed by atoms with Crippen LogP contribution in [0.3, 0.4) is 0 Å². The van der Waals surface area contributed by atoms with E-state index in [9.17, 15) is 4.39 Å². The van der Waals surface area contributed by atoms with E-state index in [4.69, 9.17) is 11.6 Å². The Morgan fingerprint density at radius 2 is 1.81 bits per heavy atom. The SMILES string of the molecule is C[C@H](c1nnc(SCc2ccccc2Cl)n1-c1ccc(F)cc1)N(C)C. The Morgan fingerprint density at radius 3 is 2.46 bits per heavy atom. The second-order valence-corrected chi connectivity index (χ2v) is 7.52. The number of hydrogen-bond donors (Lipinski definition) is 0. The lowest BCUT2D eigenvalue weighted by Gasteiger charge is -2.20. The predicted octanol–water partition coefficient (Wildman–Crippen LogP) is 4.97. The standard InChI is InChI=1S/C19H20ClFN4S/c1-13(24(2)3)18-22-23-19(25(18)16-10-8-15(21)9-11-16)26-12-14-6-4-5-7-17(14)20/h4-11,13H,12H2,1-3H3/t13-/m1/s1. The van der Waals surface area contributed by atoms with E-state index in [1.54, 1.807) is 23.9 Å². The first-order valence-corrected chi connectivity index (χ1v) is 9.57. The molecule has 3 rings (SSSR count). The molecular weight excluding hydrogens is 371 g/mol. The van der Waals surface area contributed by atoms with Gasteiger partial charge in [0.1, 0.15) is 5.82 Å². The molecule has 0 spiro atoms. The molecule has 26 heavy (non-hydrogen) atoms. The third-order valence-electron chi connectivity index (χ3n) is 4.21. The summed E-state index contributed by atoms with van der Waals surface area (Å²) < 4.78 is 15.3. The summed E-state index contributed by atoms with van der Waals surface area (Å²) in [6, 6.07) is 14.2. The first-order valence-electron chi connectivity index (χ1n) is 8.21. The van der Waals surface area contributed by atoms with Gasteiger partial charge >= 0.3 is 0 Å². The first kappa shape index (κ1) is 18.9. The van der Waals surface area contributed by atoms with Gasteiger partial charge in [0.25, 0.3) is 0 Å². The smallest absolute Gasteiger partial charge is 0.196 e. The zero-order valence-corrected chi connectivity index (χ0v) is 16.4. The van der Waals surface area contributed by atoms with Crippen LogP contribution >= 0.6 is 23.4 Å². The van der Waals surface area contributed by atoms with Crippen molar-refractivity contribution in [2.24, 2.45) is 0 Å². The monoisotopic (exact) mass is 390 g/mol. The lowest BCUT2D eigenvalue weighted by atomic mass is 10.2. The van der Waals surface area contributed by atoms with Crippen molar-refractivity contribution in [1.82, 2.24) is 19.7 Å². The molecular formula is C19H20ClFN4S. The normalized spacial score (nSPS) is 12.5. The number of nitrogens with zero attached hydrogens (tertiary/aromatic N) is 4. The summed E-state index contributed by atoms with van der Waals surface area (Å²) in [5.41, 5.74) is 1.87. The zero-order valence-electron chi connectivity index (χ0n) is 14.9. The number of aromatic nitrogens is 3. The molecule has 0 saturated heterocycles. The minimum Gasteiger partial charge on any atom is -0.300 e. The van der Waals surface area contributed by atoms with E-state index in [0.717, 1.165) is 27.3 Å². The summed E-state index contributed by atoms with van der Waals surface area (Å²) in [5, 5.41) is 10.3. The Balaban J connectivity index is 1.97. The van der Waals surface area contributed by atoms with Crippen LogP contribution in [0.1, 0.15) is 24.4 Å². The molecule has 0 radical (unpaired) electrons. The van der Waals surface area contributed by atoms with Crippen LogP contribution in [-0.4, -0.2) is 33.8 Å². The van der Waals surface area contributed by atoms with Gasteiger partial charge in [0.05, 0.1) is 6.04 Å². The van der Waals surface area contributed by atoms with Crippen LogP contribution in [0.2, 0.25) is 5.02 Å². The van der Waals surface area contributed by atoms with Crippen LogP contribution in [0.15, 0.2) is 53.7 Å². The molecule has 2 aromatic carbocycles. The minimum atomic E-state index is -0.269. The maximum Gasteiger partial charge on any atom is 0.196 e. The molecule has 1 heterocycles. The minimum absolute atomic E-state index is 0.0576. The van der Waals surface area contributed by atoms with E-state index in [2.05, 4.69) is 22.0 Å². The van der Waals surface area contributed by atoms with Crippen LogP contribution in [0.5, 0.6) is 0 Å². The summed E-state index contributed by atoms with van der Waals surface area (Å²) in [6.07, 6.45) is 0. The molecule has 1 aromatic heterocycles. The molecule has 0 aliphatic heterocycles. The van der Waals surface area contributed by atoms with Crippen LogP contribution < -0.4 is 0 Å². The van der Waals surface area contributed by atoms with Crippen molar-refractivity contribution < 1.29 is 4.39 Å². The van der Waals surface area contributed by atoms with Crippen LogP contribution in [0.4, 0.5) is 4.39 Å². The van der Waals surface area contributed by atoms with Crippen LogP contribution in [0.25, 0.3) is 5.69 Å². The lowest BCUT2D eigenvalue weighted by Crippen LogP contribution is -2.20. The number of thioether (sulfide) groups is 1. The van der Waals surface area contributed by atoms with E-state index in [0.29, 0.717) is 5.75 Å².